The van der Waals surface area contributed by atoms with Crippen LogP contribution >= 0.6 is 11.6 Å². The third kappa shape index (κ3) is 1.77. The number of ketones is 1. The van der Waals surface area contributed by atoms with E-state index in [9.17, 15) is 9.18 Å². The fraction of sp³-hybridized carbons (Fsp3) is 0.364. The first-order valence-corrected chi connectivity index (χ1v) is 5.11. The predicted octanol–water partition coefficient (Wildman–Crippen LogP) is 2.46. The molecule has 1 aliphatic carbocycles. The third-order valence-electron chi connectivity index (χ3n) is 2.73. The van der Waals surface area contributed by atoms with E-state index in [4.69, 9.17) is 17.3 Å². The molecular weight excluding hydrogens is 217 g/mol. The van der Waals surface area contributed by atoms with E-state index in [0.717, 1.165) is 0 Å². The van der Waals surface area contributed by atoms with Gasteiger partial charge in [-0.25, -0.2) is 4.39 Å². The molecule has 0 aromatic heterocycles. The number of aryl methyl sites for hydroxylation is 1. The van der Waals surface area contributed by atoms with Crippen LogP contribution in [0.3, 0.4) is 0 Å². The lowest BCUT2D eigenvalue weighted by atomic mass is 10.0. The fourth-order valence-corrected chi connectivity index (χ4v) is 1.75. The molecule has 0 radical (unpaired) electrons. The quantitative estimate of drug-likeness (QED) is 0.789. The lowest BCUT2D eigenvalue weighted by molar-refractivity contribution is 0.0949. The summed E-state index contributed by atoms with van der Waals surface area (Å²) >= 11 is 5.89. The molecule has 0 saturated heterocycles. The predicted molar refractivity (Wildman–Crippen MR) is 56.6 cm³/mol. The number of nitrogens with two attached hydrogens (primary N) is 1. The lowest BCUT2D eigenvalue weighted by Crippen LogP contribution is -2.33. The molecule has 1 saturated carbocycles. The number of benzene rings is 1. The van der Waals surface area contributed by atoms with Crippen molar-refractivity contribution in [3.8, 4) is 0 Å². The molecule has 2 rings (SSSR count). The van der Waals surface area contributed by atoms with Crippen LogP contribution in [0.1, 0.15) is 28.8 Å². The third-order valence-corrected chi connectivity index (χ3v) is 3.05. The maximum Gasteiger partial charge on any atom is 0.184 e. The maximum atomic E-state index is 13.3. The van der Waals surface area contributed by atoms with E-state index in [1.165, 1.54) is 12.1 Å². The SMILES string of the molecule is Cc1cc(Cl)c(C(=O)C2(N)CC2)cc1F. The standard InChI is InChI=1S/C11H11ClFNO/c1-6-4-8(12)7(5-9(6)13)10(15)11(14)2-3-11/h4-5H,2-3,14H2,1H3. The molecule has 1 aromatic rings. The highest BCUT2D eigenvalue weighted by Gasteiger charge is 2.46. The van der Waals surface area contributed by atoms with E-state index in [1.54, 1.807) is 6.92 Å². The van der Waals surface area contributed by atoms with Gasteiger partial charge < -0.3 is 5.73 Å². The minimum Gasteiger partial charge on any atom is -0.319 e. The molecule has 0 unspecified atom stereocenters. The van der Waals surface area contributed by atoms with Crippen LogP contribution in [0.2, 0.25) is 5.02 Å². The minimum absolute atomic E-state index is 0.194. The molecule has 1 fully saturated rings. The smallest absolute Gasteiger partial charge is 0.184 e. The zero-order valence-electron chi connectivity index (χ0n) is 8.31. The molecule has 1 aliphatic rings. The number of Topliss-reactive ketones (excluding diaryl/α,β-unsaturated/α-hetero) is 1. The molecule has 2 N–H and O–H groups in total. The Labute approximate surface area is 92.2 Å². The highest BCUT2D eigenvalue weighted by molar-refractivity contribution is 6.34. The van der Waals surface area contributed by atoms with Crippen molar-refractivity contribution in [2.24, 2.45) is 5.73 Å². The minimum atomic E-state index is -0.800. The Kier molecular flexibility index (Phi) is 2.32. The Balaban J connectivity index is 2.44. The zero-order valence-corrected chi connectivity index (χ0v) is 9.07. The van der Waals surface area contributed by atoms with Crippen molar-refractivity contribution >= 4 is 17.4 Å². The van der Waals surface area contributed by atoms with E-state index in [2.05, 4.69) is 0 Å². The van der Waals surface area contributed by atoms with E-state index in [0.29, 0.717) is 18.4 Å². The average Bonchev–Trinajstić information content (AvgIpc) is 2.90. The molecule has 0 spiro atoms. The number of hydrogen-bond donors (Lipinski definition) is 1. The Morgan fingerprint density at radius 2 is 2.13 bits per heavy atom. The van der Waals surface area contributed by atoms with Gasteiger partial charge in [0.15, 0.2) is 5.78 Å². The fourth-order valence-electron chi connectivity index (χ4n) is 1.45. The summed E-state index contributed by atoms with van der Waals surface area (Å²) in [5, 5.41) is 0.274. The molecule has 0 amide bonds. The van der Waals surface area contributed by atoms with Gasteiger partial charge in [-0.05, 0) is 37.5 Å². The van der Waals surface area contributed by atoms with Crippen molar-refractivity contribution in [3.05, 3.63) is 34.1 Å². The van der Waals surface area contributed by atoms with Crippen LogP contribution in [-0.2, 0) is 0 Å². The molecule has 2 nitrogen and oxygen atoms in total. The van der Waals surface area contributed by atoms with Gasteiger partial charge in [0.2, 0.25) is 0 Å². The van der Waals surface area contributed by atoms with Crippen molar-refractivity contribution in [2.45, 2.75) is 25.3 Å². The summed E-state index contributed by atoms with van der Waals surface area (Å²) in [4.78, 5) is 11.8. The van der Waals surface area contributed by atoms with Gasteiger partial charge in [-0.1, -0.05) is 11.6 Å². The van der Waals surface area contributed by atoms with Gasteiger partial charge in [0.1, 0.15) is 5.82 Å². The second kappa shape index (κ2) is 3.29. The number of hydrogen-bond acceptors (Lipinski definition) is 2. The summed E-state index contributed by atoms with van der Waals surface area (Å²) in [6.45, 7) is 1.60. The van der Waals surface area contributed by atoms with Crippen molar-refractivity contribution in [1.82, 2.24) is 0 Å². The summed E-state index contributed by atoms with van der Waals surface area (Å²) in [5.74, 6) is -0.682. The number of carbonyl (C=O) groups is 1. The monoisotopic (exact) mass is 227 g/mol. The van der Waals surface area contributed by atoms with Crippen LogP contribution in [0.25, 0.3) is 0 Å². The first-order chi connectivity index (χ1) is 6.94. The van der Waals surface area contributed by atoms with Gasteiger partial charge in [-0.15, -0.1) is 0 Å². The molecule has 0 aliphatic heterocycles. The van der Waals surface area contributed by atoms with Crippen molar-refractivity contribution in [1.29, 1.82) is 0 Å². The Morgan fingerprint density at radius 3 is 2.67 bits per heavy atom. The normalized spacial score (nSPS) is 17.6. The Bertz CT molecular complexity index is 440. The number of rotatable bonds is 2. The topological polar surface area (TPSA) is 43.1 Å². The summed E-state index contributed by atoms with van der Waals surface area (Å²) in [7, 11) is 0. The van der Waals surface area contributed by atoms with E-state index < -0.39 is 11.4 Å². The van der Waals surface area contributed by atoms with Crippen LogP contribution in [-0.4, -0.2) is 11.3 Å². The highest BCUT2D eigenvalue weighted by Crippen LogP contribution is 2.37. The van der Waals surface area contributed by atoms with Gasteiger partial charge in [0.05, 0.1) is 10.6 Å². The second-order valence-corrected chi connectivity index (χ2v) is 4.47. The first-order valence-electron chi connectivity index (χ1n) is 4.73. The zero-order chi connectivity index (χ0) is 11.2. The molecule has 0 atom stereocenters. The number of carbonyl (C=O) groups excluding carboxylic acids is 1. The van der Waals surface area contributed by atoms with Crippen LogP contribution in [0.4, 0.5) is 4.39 Å². The number of halogens is 2. The van der Waals surface area contributed by atoms with Crippen molar-refractivity contribution < 1.29 is 9.18 Å². The van der Waals surface area contributed by atoms with Gasteiger partial charge in [0.25, 0.3) is 0 Å². The van der Waals surface area contributed by atoms with Crippen LogP contribution in [0.15, 0.2) is 12.1 Å². The average molecular weight is 228 g/mol. The van der Waals surface area contributed by atoms with Crippen molar-refractivity contribution in [2.75, 3.05) is 0 Å². The maximum absolute atomic E-state index is 13.3. The lowest BCUT2D eigenvalue weighted by Gasteiger charge is -2.10. The van der Waals surface area contributed by atoms with Crippen LogP contribution < -0.4 is 5.73 Å². The van der Waals surface area contributed by atoms with Gasteiger partial charge in [-0.2, -0.15) is 0 Å². The summed E-state index contributed by atoms with van der Waals surface area (Å²) in [6, 6.07) is 2.63. The highest BCUT2D eigenvalue weighted by atomic mass is 35.5. The Hall–Kier alpha value is -0.930. The Morgan fingerprint density at radius 1 is 1.53 bits per heavy atom. The molecule has 0 heterocycles. The molecule has 0 bridgehead atoms. The summed E-state index contributed by atoms with van der Waals surface area (Å²) < 4.78 is 13.3. The molecule has 4 heteroatoms. The van der Waals surface area contributed by atoms with E-state index in [1.807, 2.05) is 0 Å². The molecule has 15 heavy (non-hydrogen) atoms. The summed E-state index contributed by atoms with van der Waals surface area (Å²) in [5.41, 5.74) is 5.57. The van der Waals surface area contributed by atoms with E-state index >= 15 is 0 Å². The van der Waals surface area contributed by atoms with Gasteiger partial charge >= 0.3 is 0 Å². The molecular formula is C11H11ClFNO. The van der Waals surface area contributed by atoms with Gasteiger partial charge in [0, 0.05) is 5.56 Å². The summed E-state index contributed by atoms with van der Waals surface area (Å²) in [6.07, 6.45) is 1.30. The largest absolute Gasteiger partial charge is 0.319 e. The first kappa shape index (κ1) is 10.6. The van der Waals surface area contributed by atoms with Crippen LogP contribution in [0, 0.1) is 12.7 Å². The van der Waals surface area contributed by atoms with Crippen LogP contribution in [0.5, 0.6) is 0 Å². The van der Waals surface area contributed by atoms with Crippen molar-refractivity contribution in [3.63, 3.8) is 0 Å². The van der Waals surface area contributed by atoms with Gasteiger partial charge in [-0.3, -0.25) is 4.79 Å². The second-order valence-electron chi connectivity index (χ2n) is 4.07. The molecule has 1 aromatic carbocycles. The molecule has 80 valence electrons. The van der Waals surface area contributed by atoms with E-state index in [-0.39, 0.29) is 16.4 Å².